The van der Waals surface area contributed by atoms with Crippen molar-refractivity contribution < 1.29 is 19.4 Å². The topological polar surface area (TPSA) is 79.5 Å². The Hall–Kier alpha value is -1.12. The molecular weight excluding hydrogens is 294 g/mol. The Morgan fingerprint density at radius 3 is 2.83 bits per heavy atom. The Morgan fingerprint density at radius 2 is 2.26 bits per heavy atom. The standard InChI is InChI=1S/C18H27NO4/c1-5-17(4,7-10(2)3)15(20)22-13-11-6-12-14(13)23-16(21)18(12,8-11)9-19/h10-15,20H,5-8H2,1-4H3. The van der Waals surface area contributed by atoms with Gasteiger partial charge in [-0.3, -0.25) is 4.79 Å². The fourth-order valence-electron chi connectivity index (χ4n) is 4.98. The van der Waals surface area contributed by atoms with Gasteiger partial charge in [-0.1, -0.05) is 27.7 Å². The molecule has 5 heteroatoms. The minimum Gasteiger partial charge on any atom is -0.458 e. The van der Waals surface area contributed by atoms with Gasteiger partial charge >= 0.3 is 5.97 Å². The van der Waals surface area contributed by atoms with E-state index in [9.17, 15) is 15.2 Å². The molecule has 23 heavy (non-hydrogen) atoms. The molecule has 2 saturated carbocycles. The van der Waals surface area contributed by atoms with E-state index in [0.29, 0.717) is 12.3 Å². The predicted molar refractivity (Wildman–Crippen MR) is 82.9 cm³/mol. The molecule has 3 rings (SSSR count). The third kappa shape index (κ3) is 2.30. The molecule has 5 nitrogen and oxygen atoms in total. The zero-order valence-electron chi connectivity index (χ0n) is 14.4. The molecule has 3 aliphatic rings. The van der Waals surface area contributed by atoms with Gasteiger partial charge in [-0.2, -0.15) is 5.26 Å². The number of fused-ring (bicyclic) bond motifs is 1. The first-order chi connectivity index (χ1) is 10.8. The van der Waals surface area contributed by atoms with E-state index in [4.69, 9.17) is 9.47 Å². The van der Waals surface area contributed by atoms with Crippen LogP contribution >= 0.6 is 0 Å². The highest BCUT2D eigenvalue weighted by molar-refractivity contribution is 5.84. The van der Waals surface area contributed by atoms with E-state index in [-0.39, 0.29) is 29.5 Å². The summed E-state index contributed by atoms with van der Waals surface area (Å²) < 4.78 is 11.5. The minimum absolute atomic E-state index is 0.0693. The van der Waals surface area contributed by atoms with Crippen LogP contribution in [0.4, 0.5) is 0 Å². The Bertz CT molecular complexity index is 542. The van der Waals surface area contributed by atoms with Crippen molar-refractivity contribution in [1.82, 2.24) is 0 Å². The van der Waals surface area contributed by atoms with E-state index in [1.807, 2.05) is 6.92 Å². The van der Waals surface area contributed by atoms with Crippen LogP contribution in [-0.4, -0.2) is 29.6 Å². The Morgan fingerprint density at radius 1 is 1.57 bits per heavy atom. The van der Waals surface area contributed by atoms with E-state index in [1.165, 1.54) is 0 Å². The normalized spacial score (nSPS) is 41.7. The average molecular weight is 321 g/mol. The molecule has 0 amide bonds. The molecule has 2 bridgehead atoms. The molecule has 1 aliphatic heterocycles. The molecule has 3 fully saturated rings. The zero-order chi connectivity index (χ0) is 17.0. The number of carbonyl (C=O) groups is 1. The highest BCUT2D eigenvalue weighted by atomic mass is 16.6. The van der Waals surface area contributed by atoms with Crippen molar-refractivity contribution >= 4 is 5.97 Å². The molecule has 0 aromatic rings. The van der Waals surface area contributed by atoms with Crippen LogP contribution in [-0.2, 0) is 14.3 Å². The lowest BCUT2D eigenvalue weighted by Crippen LogP contribution is -2.45. The van der Waals surface area contributed by atoms with E-state index in [0.717, 1.165) is 19.3 Å². The molecule has 1 heterocycles. The monoisotopic (exact) mass is 321 g/mol. The number of carbonyl (C=O) groups excluding carboxylic acids is 1. The maximum atomic E-state index is 12.1. The van der Waals surface area contributed by atoms with Crippen molar-refractivity contribution in [2.75, 3.05) is 0 Å². The van der Waals surface area contributed by atoms with Crippen LogP contribution in [0.1, 0.15) is 53.4 Å². The van der Waals surface area contributed by atoms with Gasteiger partial charge in [0.15, 0.2) is 11.7 Å². The summed E-state index contributed by atoms with van der Waals surface area (Å²) in [5.74, 6) is 0.137. The number of aliphatic hydroxyl groups excluding tert-OH is 1. The van der Waals surface area contributed by atoms with Crippen molar-refractivity contribution in [1.29, 1.82) is 5.26 Å². The van der Waals surface area contributed by atoms with Gasteiger partial charge in [0.05, 0.1) is 6.07 Å². The van der Waals surface area contributed by atoms with Crippen molar-refractivity contribution in [3.8, 4) is 6.07 Å². The first kappa shape index (κ1) is 16.7. The largest absolute Gasteiger partial charge is 0.458 e. The van der Waals surface area contributed by atoms with Crippen LogP contribution in [0.5, 0.6) is 0 Å². The van der Waals surface area contributed by atoms with Gasteiger partial charge in [0.25, 0.3) is 0 Å². The fraction of sp³-hybridized carbons (Fsp3) is 0.889. The van der Waals surface area contributed by atoms with E-state index in [1.54, 1.807) is 0 Å². The van der Waals surface area contributed by atoms with Crippen molar-refractivity contribution in [2.24, 2.45) is 28.6 Å². The van der Waals surface area contributed by atoms with Crippen LogP contribution in [0, 0.1) is 39.9 Å². The van der Waals surface area contributed by atoms with Gasteiger partial charge in [-0.15, -0.1) is 0 Å². The molecule has 7 atom stereocenters. The Labute approximate surface area is 138 Å². The summed E-state index contributed by atoms with van der Waals surface area (Å²) in [4.78, 5) is 12.1. The summed E-state index contributed by atoms with van der Waals surface area (Å²) in [5.41, 5.74) is -1.27. The second-order valence-electron chi connectivity index (χ2n) is 8.32. The third-order valence-corrected chi connectivity index (χ3v) is 6.33. The second-order valence-corrected chi connectivity index (χ2v) is 8.32. The first-order valence-electron chi connectivity index (χ1n) is 8.73. The molecule has 2 aliphatic carbocycles. The molecule has 0 aromatic carbocycles. The molecule has 7 unspecified atom stereocenters. The lowest BCUT2D eigenvalue weighted by Gasteiger charge is -2.38. The summed E-state index contributed by atoms with van der Waals surface area (Å²) in [7, 11) is 0. The molecule has 1 saturated heterocycles. The second kappa shape index (κ2) is 5.46. The maximum absolute atomic E-state index is 12.1. The van der Waals surface area contributed by atoms with Crippen molar-refractivity contribution in [3.05, 3.63) is 0 Å². The average Bonchev–Trinajstić information content (AvgIpc) is 3.08. The summed E-state index contributed by atoms with van der Waals surface area (Å²) >= 11 is 0. The summed E-state index contributed by atoms with van der Waals surface area (Å²) in [5, 5.41) is 20.1. The van der Waals surface area contributed by atoms with Crippen LogP contribution in [0.3, 0.4) is 0 Å². The van der Waals surface area contributed by atoms with Crippen LogP contribution in [0.15, 0.2) is 0 Å². The van der Waals surface area contributed by atoms with Crippen molar-refractivity contribution in [3.63, 3.8) is 0 Å². The zero-order valence-corrected chi connectivity index (χ0v) is 14.4. The summed E-state index contributed by atoms with van der Waals surface area (Å²) in [6.07, 6.45) is 1.46. The minimum atomic E-state index is -0.952. The summed E-state index contributed by atoms with van der Waals surface area (Å²) in [6.45, 7) is 8.38. The molecule has 128 valence electrons. The number of ether oxygens (including phenoxy) is 2. The molecule has 0 radical (unpaired) electrons. The number of hydrogen-bond acceptors (Lipinski definition) is 5. The quantitative estimate of drug-likeness (QED) is 0.601. The Balaban J connectivity index is 1.74. The van der Waals surface area contributed by atoms with Crippen molar-refractivity contribution in [2.45, 2.75) is 71.9 Å². The van der Waals surface area contributed by atoms with Crippen LogP contribution in [0.25, 0.3) is 0 Å². The highest BCUT2D eigenvalue weighted by Crippen LogP contribution is 2.62. The SMILES string of the molecule is CCC(C)(CC(C)C)C(O)OC1C2CC3C1OC(=O)C3(C#N)C2. The number of aliphatic hydroxyl groups is 1. The molecule has 0 aromatic heterocycles. The molecule has 0 spiro atoms. The van der Waals surface area contributed by atoms with Gasteiger partial charge in [0.2, 0.25) is 0 Å². The van der Waals surface area contributed by atoms with E-state index >= 15 is 0 Å². The summed E-state index contributed by atoms with van der Waals surface area (Å²) in [6, 6.07) is 2.20. The first-order valence-corrected chi connectivity index (χ1v) is 8.73. The van der Waals surface area contributed by atoms with Gasteiger partial charge in [-0.05, 0) is 37.5 Å². The van der Waals surface area contributed by atoms with Gasteiger partial charge in [-0.25, -0.2) is 0 Å². The highest BCUT2D eigenvalue weighted by Gasteiger charge is 2.72. The lowest BCUT2D eigenvalue weighted by molar-refractivity contribution is -0.226. The van der Waals surface area contributed by atoms with Gasteiger partial charge in [0.1, 0.15) is 12.2 Å². The third-order valence-electron chi connectivity index (χ3n) is 6.33. The molecule has 1 N–H and O–H groups in total. The van der Waals surface area contributed by atoms with Gasteiger partial charge in [0, 0.05) is 11.3 Å². The fourth-order valence-corrected chi connectivity index (χ4v) is 4.98. The van der Waals surface area contributed by atoms with Gasteiger partial charge < -0.3 is 14.6 Å². The smallest absolute Gasteiger partial charge is 0.327 e. The lowest BCUT2D eigenvalue weighted by atomic mass is 9.74. The maximum Gasteiger partial charge on any atom is 0.327 e. The number of rotatable bonds is 6. The number of esters is 1. The van der Waals surface area contributed by atoms with E-state index < -0.39 is 17.7 Å². The molecular formula is C18H27NO4. The number of nitrogens with zero attached hydrogens (tertiary/aromatic N) is 1. The van der Waals surface area contributed by atoms with E-state index in [2.05, 4.69) is 26.8 Å². The van der Waals surface area contributed by atoms with Crippen LogP contribution in [0.2, 0.25) is 0 Å². The number of nitriles is 1. The van der Waals surface area contributed by atoms with Crippen LogP contribution < -0.4 is 0 Å². The Kier molecular flexibility index (Phi) is 3.97. The predicted octanol–water partition coefficient (Wildman–Crippen LogP) is 2.63. The number of hydrogen-bond donors (Lipinski definition) is 1.